The Labute approximate surface area is 135 Å². The molecule has 1 saturated carbocycles. The van der Waals surface area contributed by atoms with E-state index in [0.717, 1.165) is 30.4 Å². The number of hydrogen-bond donors (Lipinski definition) is 2. The average molecular weight is 308 g/mol. The average Bonchev–Trinajstić information content (AvgIpc) is 3.01. The Balaban J connectivity index is 1.71. The summed E-state index contributed by atoms with van der Waals surface area (Å²) in [5, 5.41) is 19.6. The topological polar surface area (TPSA) is 65.2 Å². The maximum Gasteiger partial charge on any atom is 0.124 e. The monoisotopic (exact) mass is 308 g/mol. The number of phenols is 2. The van der Waals surface area contributed by atoms with Crippen molar-refractivity contribution in [2.24, 2.45) is 9.98 Å². The fraction of sp³-hybridized carbons (Fsp3) is 0.263. The number of aromatic hydroxyl groups is 2. The minimum absolute atomic E-state index is 0.122. The van der Waals surface area contributed by atoms with E-state index >= 15 is 0 Å². The Morgan fingerprint density at radius 2 is 1.17 bits per heavy atom. The quantitative estimate of drug-likeness (QED) is 0.848. The van der Waals surface area contributed by atoms with Crippen LogP contribution in [0.1, 0.15) is 30.4 Å². The number of para-hydroxylation sites is 2. The van der Waals surface area contributed by atoms with Gasteiger partial charge in [0.05, 0.1) is 12.1 Å². The summed E-state index contributed by atoms with van der Waals surface area (Å²) < 4.78 is 0. The molecule has 23 heavy (non-hydrogen) atoms. The first-order chi connectivity index (χ1) is 11.2. The lowest BCUT2D eigenvalue weighted by Crippen LogP contribution is -2.15. The van der Waals surface area contributed by atoms with Gasteiger partial charge in [0, 0.05) is 23.6 Å². The van der Waals surface area contributed by atoms with E-state index in [-0.39, 0.29) is 23.6 Å². The summed E-state index contributed by atoms with van der Waals surface area (Å²) in [4.78, 5) is 9.22. The molecule has 2 aromatic carbocycles. The predicted octanol–water partition coefficient (Wildman–Crippen LogP) is 3.56. The molecule has 0 spiro atoms. The number of nitrogens with zero attached hydrogens (tertiary/aromatic N) is 2. The van der Waals surface area contributed by atoms with Gasteiger partial charge in [0.25, 0.3) is 0 Å². The molecule has 2 N–H and O–H groups in total. The van der Waals surface area contributed by atoms with Crippen molar-refractivity contribution in [2.75, 3.05) is 0 Å². The molecule has 4 nitrogen and oxygen atoms in total. The molecule has 0 radical (unpaired) electrons. The summed E-state index contributed by atoms with van der Waals surface area (Å²) in [6.45, 7) is 0. The van der Waals surface area contributed by atoms with Gasteiger partial charge in [-0.2, -0.15) is 0 Å². The third-order valence-corrected chi connectivity index (χ3v) is 4.13. The molecule has 1 aliphatic rings. The van der Waals surface area contributed by atoms with Crippen LogP contribution in [0, 0.1) is 0 Å². The Kier molecular flexibility index (Phi) is 4.71. The maximum atomic E-state index is 9.78. The van der Waals surface area contributed by atoms with Crippen molar-refractivity contribution in [1.29, 1.82) is 0 Å². The third-order valence-electron chi connectivity index (χ3n) is 4.13. The van der Waals surface area contributed by atoms with Gasteiger partial charge in [0.1, 0.15) is 11.5 Å². The van der Waals surface area contributed by atoms with Gasteiger partial charge in [-0.15, -0.1) is 0 Å². The Morgan fingerprint density at radius 3 is 1.61 bits per heavy atom. The first-order valence-electron chi connectivity index (χ1n) is 7.86. The van der Waals surface area contributed by atoms with E-state index in [2.05, 4.69) is 9.98 Å². The largest absolute Gasteiger partial charge is 0.507 e. The number of aliphatic imine (C=N–C) groups is 2. The first-order valence-corrected chi connectivity index (χ1v) is 7.86. The lowest BCUT2D eigenvalue weighted by atomic mass is 10.1. The Hall–Kier alpha value is -2.62. The van der Waals surface area contributed by atoms with Crippen molar-refractivity contribution in [3.63, 3.8) is 0 Å². The Bertz CT molecular complexity index is 663. The SMILES string of the molecule is Oc1ccccc1C=NC1CCCC1N=Cc1ccccc1O. The van der Waals surface area contributed by atoms with E-state index in [1.54, 1.807) is 36.7 Å². The summed E-state index contributed by atoms with van der Waals surface area (Å²) in [5.41, 5.74) is 1.45. The number of phenolic OH excluding ortho intramolecular Hbond substituents is 2. The highest BCUT2D eigenvalue weighted by molar-refractivity contribution is 5.84. The molecule has 0 bridgehead atoms. The zero-order valence-corrected chi connectivity index (χ0v) is 12.8. The molecule has 0 amide bonds. The highest BCUT2D eigenvalue weighted by atomic mass is 16.3. The van der Waals surface area contributed by atoms with Crippen LogP contribution in [0.25, 0.3) is 0 Å². The van der Waals surface area contributed by atoms with E-state index in [1.807, 2.05) is 24.3 Å². The fourth-order valence-corrected chi connectivity index (χ4v) is 2.81. The molecule has 0 heterocycles. The van der Waals surface area contributed by atoms with E-state index < -0.39 is 0 Å². The van der Waals surface area contributed by atoms with Crippen LogP contribution in [-0.4, -0.2) is 34.7 Å². The summed E-state index contributed by atoms with van der Waals surface area (Å²) in [6.07, 6.45) is 6.53. The van der Waals surface area contributed by atoms with E-state index in [4.69, 9.17) is 0 Å². The van der Waals surface area contributed by atoms with Gasteiger partial charge >= 0.3 is 0 Å². The van der Waals surface area contributed by atoms with Gasteiger partial charge in [-0.3, -0.25) is 9.98 Å². The van der Waals surface area contributed by atoms with Gasteiger partial charge < -0.3 is 10.2 Å². The number of benzene rings is 2. The van der Waals surface area contributed by atoms with Crippen LogP contribution in [0.2, 0.25) is 0 Å². The molecule has 0 aromatic heterocycles. The molecule has 2 unspecified atom stereocenters. The Morgan fingerprint density at radius 1 is 0.739 bits per heavy atom. The van der Waals surface area contributed by atoms with Crippen molar-refractivity contribution in [3.05, 3.63) is 59.7 Å². The molecule has 3 rings (SSSR count). The molecule has 1 aliphatic carbocycles. The molecule has 2 atom stereocenters. The predicted molar refractivity (Wildman–Crippen MR) is 92.8 cm³/mol. The maximum absolute atomic E-state index is 9.78. The van der Waals surface area contributed by atoms with Crippen LogP contribution < -0.4 is 0 Å². The lowest BCUT2D eigenvalue weighted by Gasteiger charge is -2.11. The van der Waals surface area contributed by atoms with Crippen molar-refractivity contribution in [1.82, 2.24) is 0 Å². The highest BCUT2D eigenvalue weighted by Crippen LogP contribution is 2.26. The zero-order valence-electron chi connectivity index (χ0n) is 12.8. The minimum atomic E-state index is 0.122. The fourth-order valence-electron chi connectivity index (χ4n) is 2.81. The summed E-state index contributed by atoms with van der Waals surface area (Å²) in [6, 6.07) is 14.6. The van der Waals surface area contributed by atoms with Crippen LogP contribution in [0.4, 0.5) is 0 Å². The van der Waals surface area contributed by atoms with Crippen LogP contribution >= 0.6 is 0 Å². The van der Waals surface area contributed by atoms with Gasteiger partial charge in [0.2, 0.25) is 0 Å². The van der Waals surface area contributed by atoms with Crippen molar-refractivity contribution < 1.29 is 10.2 Å². The van der Waals surface area contributed by atoms with Gasteiger partial charge in [-0.25, -0.2) is 0 Å². The molecule has 4 heteroatoms. The zero-order chi connectivity index (χ0) is 16.1. The van der Waals surface area contributed by atoms with Crippen molar-refractivity contribution in [2.45, 2.75) is 31.3 Å². The molecule has 1 fully saturated rings. The third kappa shape index (κ3) is 3.77. The molecule has 0 saturated heterocycles. The molecular weight excluding hydrogens is 288 g/mol. The minimum Gasteiger partial charge on any atom is -0.507 e. The second-order valence-corrected chi connectivity index (χ2v) is 5.74. The standard InChI is InChI=1S/C19H20N2O2/c22-18-10-3-1-6-14(18)12-20-16-8-5-9-17(16)21-13-15-7-2-4-11-19(15)23/h1-4,6-7,10-13,16-17,22-23H,5,8-9H2. The summed E-state index contributed by atoms with van der Waals surface area (Å²) >= 11 is 0. The lowest BCUT2D eigenvalue weighted by molar-refractivity contribution is 0.473. The molecular formula is C19H20N2O2. The highest BCUT2D eigenvalue weighted by Gasteiger charge is 2.25. The van der Waals surface area contributed by atoms with Crippen LogP contribution in [0.5, 0.6) is 11.5 Å². The summed E-state index contributed by atoms with van der Waals surface area (Å²) in [7, 11) is 0. The normalized spacial score (nSPS) is 21.4. The molecule has 2 aromatic rings. The first kappa shape index (κ1) is 15.3. The smallest absolute Gasteiger partial charge is 0.124 e. The van der Waals surface area contributed by atoms with E-state index in [9.17, 15) is 10.2 Å². The second kappa shape index (κ2) is 7.09. The number of hydrogen-bond acceptors (Lipinski definition) is 4. The van der Waals surface area contributed by atoms with Crippen molar-refractivity contribution in [3.8, 4) is 11.5 Å². The van der Waals surface area contributed by atoms with E-state index in [1.165, 1.54) is 0 Å². The molecule has 0 aliphatic heterocycles. The van der Waals surface area contributed by atoms with Crippen LogP contribution in [-0.2, 0) is 0 Å². The summed E-state index contributed by atoms with van der Waals surface area (Å²) in [5.74, 6) is 0.479. The molecule has 118 valence electrons. The van der Waals surface area contributed by atoms with E-state index in [0.29, 0.717) is 0 Å². The van der Waals surface area contributed by atoms with Gasteiger partial charge in [-0.05, 0) is 43.5 Å². The van der Waals surface area contributed by atoms with Gasteiger partial charge in [-0.1, -0.05) is 24.3 Å². The van der Waals surface area contributed by atoms with Crippen LogP contribution in [0.15, 0.2) is 58.5 Å². The van der Waals surface area contributed by atoms with Crippen molar-refractivity contribution >= 4 is 12.4 Å². The van der Waals surface area contributed by atoms with Gasteiger partial charge in [0.15, 0.2) is 0 Å². The second-order valence-electron chi connectivity index (χ2n) is 5.74. The van der Waals surface area contributed by atoms with Crippen LogP contribution in [0.3, 0.4) is 0 Å². The number of rotatable bonds is 4.